The normalized spacial score (nSPS) is 32.6. The van der Waals surface area contributed by atoms with Crippen molar-refractivity contribution in [3.63, 3.8) is 0 Å². The van der Waals surface area contributed by atoms with Crippen LogP contribution >= 0.6 is 0 Å². The van der Waals surface area contributed by atoms with Gasteiger partial charge in [0.25, 0.3) is 0 Å². The van der Waals surface area contributed by atoms with Crippen molar-refractivity contribution in [2.75, 3.05) is 6.54 Å². The molecule has 1 saturated heterocycles. The largest absolute Gasteiger partial charge is 0.327 e. The third kappa shape index (κ3) is 2.54. The van der Waals surface area contributed by atoms with Gasteiger partial charge in [-0.15, -0.1) is 0 Å². The summed E-state index contributed by atoms with van der Waals surface area (Å²) >= 11 is 0. The van der Waals surface area contributed by atoms with Crippen molar-refractivity contribution in [1.29, 1.82) is 0 Å². The predicted octanol–water partition coefficient (Wildman–Crippen LogP) is 2.38. The lowest BCUT2D eigenvalue weighted by atomic mass is 9.93. The fraction of sp³-hybridized carbons (Fsp3) is 1.00. The molecule has 1 aliphatic carbocycles. The first-order valence-electron chi connectivity index (χ1n) is 6.75. The SMILES string of the molecule is CCC(C1CC1)N1CCCCC1C(C)N. The smallest absolute Gasteiger partial charge is 0.0247 e. The van der Waals surface area contributed by atoms with Crippen LogP contribution in [0.1, 0.15) is 52.4 Å². The fourth-order valence-electron chi connectivity index (χ4n) is 3.28. The van der Waals surface area contributed by atoms with Crippen molar-refractivity contribution in [3.8, 4) is 0 Å². The lowest BCUT2D eigenvalue weighted by Crippen LogP contribution is -2.53. The molecule has 0 aromatic heterocycles. The lowest BCUT2D eigenvalue weighted by molar-refractivity contribution is 0.0678. The highest BCUT2D eigenvalue weighted by molar-refractivity contribution is 4.93. The van der Waals surface area contributed by atoms with Gasteiger partial charge in [-0.2, -0.15) is 0 Å². The highest BCUT2D eigenvalue weighted by Gasteiger charge is 2.38. The summed E-state index contributed by atoms with van der Waals surface area (Å²) < 4.78 is 0. The van der Waals surface area contributed by atoms with E-state index in [0.717, 1.165) is 12.0 Å². The van der Waals surface area contributed by atoms with E-state index in [1.54, 1.807) is 0 Å². The Bertz CT molecular complexity index is 195. The number of rotatable bonds is 4. The first-order chi connectivity index (χ1) is 7.24. The first kappa shape index (κ1) is 11.4. The van der Waals surface area contributed by atoms with Gasteiger partial charge in [0, 0.05) is 18.1 Å². The zero-order valence-electron chi connectivity index (χ0n) is 10.3. The molecule has 0 spiro atoms. The van der Waals surface area contributed by atoms with E-state index in [4.69, 9.17) is 5.73 Å². The maximum Gasteiger partial charge on any atom is 0.0247 e. The van der Waals surface area contributed by atoms with Crippen LogP contribution in [0.4, 0.5) is 0 Å². The van der Waals surface area contributed by atoms with Crippen LogP contribution in [0.2, 0.25) is 0 Å². The van der Waals surface area contributed by atoms with E-state index in [1.165, 1.54) is 45.1 Å². The average molecular weight is 210 g/mol. The highest BCUT2D eigenvalue weighted by Crippen LogP contribution is 2.39. The van der Waals surface area contributed by atoms with Crippen LogP contribution in [0.25, 0.3) is 0 Å². The van der Waals surface area contributed by atoms with E-state index in [0.29, 0.717) is 12.1 Å². The van der Waals surface area contributed by atoms with Crippen molar-refractivity contribution in [3.05, 3.63) is 0 Å². The van der Waals surface area contributed by atoms with Gasteiger partial charge in [0.1, 0.15) is 0 Å². The van der Waals surface area contributed by atoms with Crippen molar-refractivity contribution in [2.24, 2.45) is 11.7 Å². The molecule has 2 heteroatoms. The van der Waals surface area contributed by atoms with Crippen LogP contribution in [-0.2, 0) is 0 Å². The Kier molecular flexibility index (Phi) is 3.68. The Labute approximate surface area is 94.2 Å². The van der Waals surface area contributed by atoms with Gasteiger partial charge in [-0.1, -0.05) is 13.3 Å². The number of likely N-dealkylation sites (tertiary alicyclic amines) is 1. The summed E-state index contributed by atoms with van der Waals surface area (Å²) in [6, 6.07) is 1.84. The number of hydrogen-bond donors (Lipinski definition) is 1. The molecule has 3 unspecified atom stereocenters. The fourth-order valence-corrected chi connectivity index (χ4v) is 3.28. The molecule has 2 rings (SSSR count). The minimum absolute atomic E-state index is 0.345. The van der Waals surface area contributed by atoms with Gasteiger partial charge in [0.05, 0.1) is 0 Å². The molecular formula is C13H26N2. The topological polar surface area (TPSA) is 29.3 Å². The number of nitrogens with two attached hydrogens (primary N) is 1. The molecule has 0 aromatic carbocycles. The zero-order chi connectivity index (χ0) is 10.8. The van der Waals surface area contributed by atoms with Crippen LogP contribution in [0.15, 0.2) is 0 Å². The molecule has 88 valence electrons. The average Bonchev–Trinajstić information content (AvgIpc) is 3.04. The van der Waals surface area contributed by atoms with E-state index in [2.05, 4.69) is 18.7 Å². The Balaban J connectivity index is 2.01. The Morgan fingerprint density at radius 1 is 1.27 bits per heavy atom. The first-order valence-corrected chi connectivity index (χ1v) is 6.75. The lowest BCUT2D eigenvalue weighted by Gasteiger charge is -2.43. The van der Waals surface area contributed by atoms with Gasteiger partial charge in [-0.25, -0.2) is 0 Å². The van der Waals surface area contributed by atoms with Crippen molar-refractivity contribution >= 4 is 0 Å². The summed E-state index contributed by atoms with van der Waals surface area (Å²) in [7, 11) is 0. The van der Waals surface area contributed by atoms with E-state index in [9.17, 15) is 0 Å². The van der Waals surface area contributed by atoms with Crippen LogP contribution in [0, 0.1) is 5.92 Å². The summed E-state index contributed by atoms with van der Waals surface area (Å²) in [5.74, 6) is 0.995. The number of hydrogen-bond acceptors (Lipinski definition) is 2. The third-order valence-electron chi connectivity index (χ3n) is 4.21. The van der Waals surface area contributed by atoms with Crippen LogP contribution in [0.3, 0.4) is 0 Å². The monoisotopic (exact) mass is 210 g/mol. The summed E-state index contributed by atoms with van der Waals surface area (Å²) in [6.45, 7) is 5.82. The highest BCUT2D eigenvalue weighted by atomic mass is 15.2. The van der Waals surface area contributed by atoms with Gasteiger partial charge in [-0.05, 0) is 51.5 Å². The molecule has 15 heavy (non-hydrogen) atoms. The van der Waals surface area contributed by atoms with Crippen LogP contribution < -0.4 is 5.73 Å². The molecule has 1 saturated carbocycles. The quantitative estimate of drug-likeness (QED) is 0.772. The standard InChI is InChI=1S/C13H26N2/c1-3-12(11-7-8-11)15-9-5-4-6-13(15)10(2)14/h10-13H,3-9,14H2,1-2H3. The zero-order valence-corrected chi connectivity index (χ0v) is 10.3. The molecule has 3 atom stereocenters. The molecule has 1 heterocycles. The predicted molar refractivity (Wildman–Crippen MR) is 64.8 cm³/mol. The van der Waals surface area contributed by atoms with Crippen molar-refractivity contribution in [2.45, 2.75) is 70.5 Å². The molecule has 2 fully saturated rings. The summed E-state index contributed by atoms with van der Waals surface area (Å²) in [5.41, 5.74) is 6.13. The Morgan fingerprint density at radius 2 is 2.00 bits per heavy atom. The van der Waals surface area contributed by atoms with E-state index >= 15 is 0 Å². The van der Waals surface area contributed by atoms with Gasteiger partial charge in [0.15, 0.2) is 0 Å². The van der Waals surface area contributed by atoms with Crippen molar-refractivity contribution < 1.29 is 0 Å². The molecule has 2 N–H and O–H groups in total. The second kappa shape index (κ2) is 4.84. The summed E-state index contributed by atoms with van der Waals surface area (Å²) in [4.78, 5) is 2.74. The molecule has 0 amide bonds. The van der Waals surface area contributed by atoms with Crippen LogP contribution in [-0.4, -0.2) is 29.6 Å². The minimum atomic E-state index is 0.345. The molecule has 2 nitrogen and oxygen atoms in total. The van der Waals surface area contributed by atoms with Gasteiger partial charge in [0.2, 0.25) is 0 Å². The van der Waals surface area contributed by atoms with Gasteiger partial charge >= 0.3 is 0 Å². The Hall–Kier alpha value is -0.0800. The number of nitrogens with zero attached hydrogens (tertiary/aromatic N) is 1. The summed E-state index contributed by atoms with van der Waals surface area (Å²) in [5, 5.41) is 0. The number of piperidine rings is 1. The minimum Gasteiger partial charge on any atom is -0.327 e. The molecular weight excluding hydrogens is 184 g/mol. The molecule has 0 bridgehead atoms. The molecule has 0 radical (unpaired) electrons. The molecule has 2 aliphatic rings. The maximum absolute atomic E-state index is 6.13. The van der Waals surface area contributed by atoms with Gasteiger partial charge < -0.3 is 5.73 Å². The second-order valence-electron chi connectivity index (χ2n) is 5.47. The van der Waals surface area contributed by atoms with E-state index in [1.807, 2.05) is 0 Å². The van der Waals surface area contributed by atoms with Crippen LogP contribution in [0.5, 0.6) is 0 Å². The van der Waals surface area contributed by atoms with Gasteiger partial charge in [-0.3, -0.25) is 4.90 Å². The second-order valence-corrected chi connectivity index (χ2v) is 5.47. The van der Waals surface area contributed by atoms with E-state index in [-0.39, 0.29) is 0 Å². The van der Waals surface area contributed by atoms with Crippen molar-refractivity contribution in [1.82, 2.24) is 4.90 Å². The third-order valence-corrected chi connectivity index (χ3v) is 4.21. The molecule has 1 aliphatic heterocycles. The summed E-state index contributed by atoms with van der Waals surface area (Å²) in [6.07, 6.45) is 8.31. The van der Waals surface area contributed by atoms with E-state index < -0.39 is 0 Å². The maximum atomic E-state index is 6.13. The Morgan fingerprint density at radius 3 is 2.53 bits per heavy atom. The molecule has 0 aromatic rings.